The number of piperidine rings is 1. The van der Waals surface area contributed by atoms with Crippen LogP contribution in [0.3, 0.4) is 0 Å². The third kappa shape index (κ3) is 7.65. The van der Waals surface area contributed by atoms with E-state index in [0.29, 0.717) is 18.6 Å². The topological polar surface area (TPSA) is 114 Å². The summed E-state index contributed by atoms with van der Waals surface area (Å²) in [6.07, 6.45) is 2.36. The van der Waals surface area contributed by atoms with Gasteiger partial charge in [0.15, 0.2) is 0 Å². The van der Waals surface area contributed by atoms with Gasteiger partial charge in [0, 0.05) is 19.6 Å². The number of hydrogen-bond acceptors (Lipinski definition) is 7. The molecule has 0 spiro atoms. The predicted octanol–water partition coefficient (Wildman–Crippen LogP) is 6.37. The molecule has 1 unspecified atom stereocenters. The van der Waals surface area contributed by atoms with Gasteiger partial charge in [-0.05, 0) is 94.3 Å². The second-order valence-electron chi connectivity index (χ2n) is 13.3. The van der Waals surface area contributed by atoms with Crippen molar-refractivity contribution in [1.82, 2.24) is 19.4 Å². The van der Waals surface area contributed by atoms with Gasteiger partial charge >= 0.3 is 0 Å². The van der Waals surface area contributed by atoms with Crippen LogP contribution in [0.5, 0.6) is 0 Å². The molecule has 0 radical (unpaired) electrons. The Kier molecular flexibility index (Phi) is 10.2. The molecule has 1 atom stereocenters. The first-order chi connectivity index (χ1) is 21.8. The summed E-state index contributed by atoms with van der Waals surface area (Å²) in [4.78, 5) is 35.5. The SMILES string of the molecule is CC(C)C=C(C#N)C(=O)N1CCCC1Cn1c(NC(=O)c2ccc(C(F)F)s2)nc2cc(CN3CCC(C(C)(C)O)CC3)ccc21. The number of halogens is 2. The van der Waals surface area contributed by atoms with Gasteiger partial charge in [0.1, 0.15) is 11.6 Å². The van der Waals surface area contributed by atoms with Crippen molar-refractivity contribution in [3.8, 4) is 6.07 Å². The Balaban J connectivity index is 1.42. The summed E-state index contributed by atoms with van der Waals surface area (Å²) >= 11 is 0.742. The van der Waals surface area contributed by atoms with Gasteiger partial charge in [-0.2, -0.15) is 5.26 Å². The highest BCUT2D eigenvalue weighted by Crippen LogP contribution is 2.31. The fraction of sp³-hybridized carbons (Fsp3) is 0.529. The Hall–Kier alpha value is -3.66. The van der Waals surface area contributed by atoms with Crippen molar-refractivity contribution in [2.75, 3.05) is 25.0 Å². The van der Waals surface area contributed by atoms with E-state index in [2.05, 4.69) is 16.3 Å². The molecule has 46 heavy (non-hydrogen) atoms. The van der Waals surface area contributed by atoms with Gasteiger partial charge in [-0.25, -0.2) is 13.8 Å². The zero-order valence-corrected chi connectivity index (χ0v) is 27.6. The molecule has 2 aliphatic rings. The van der Waals surface area contributed by atoms with Crippen molar-refractivity contribution >= 4 is 40.1 Å². The third-order valence-corrected chi connectivity index (χ3v) is 10.1. The molecule has 4 heterocycles. The van der Waals surface area contributed by atoms with E-state index in [1.54, 1.807) is 11.0 Å². The van der Waals surface area contributed by atoms with Gasteiger partial charge in [-0.3, -0.25) is 19.8 Å². The number of thiophene rings is 1. The lowest BCUT2D eigenvalue weighted by Crippen LogP contribution is -2.41. The molecule has 9 nitrogen and oxygen atoms in total. The maximum atomic E-state index is 13.4. The number of aromatic nitrogens is 2. The van der Waals surface area contributed by atoms with Crippen LogP contribution in [0.15, 0.2) is 42.0 Å². The number of carbonyl (C=O) groups is 2. The van der Waals surface area contributed by atoms with E-state index in [4.69, 9.17) is 4.98 Å². The van der Waals surface area contributed by atoms with Crippen LogP contribution in [0.2, 0.25) is 0 Å². The van der Waals surface area contributed by atoms with Crippen molar-refractivity contribution in [2.45, 2.75) is 84.5 Å². The quantitative estimate of drug-likeness (QED) is 0.194. The van der Waals surface area contributed by atoms with E-state index >= 15 is 0 Å². The molecular weight excluding hydrogens is 610 g/mol. The maximum Gasteiger partial charge on any atom is 0.272 e. The number of nitriles is 1. The van der Waals surface area contributed by atoms with Crippen LogP contribution in [0.1, 0.15) is 79.9 Å². The Morgan fingerprint density at radius 3 is 2.54 bits per heavy atom. The highest BCUT2D eigenvalue weighted by Gasteiger charge is 2.33. The first-order valence-electron chi connectivity index (χ1n) is 15.9. The number of hydrogen-bond donors (Lipinski definition) is 2. The van der Waals surface area contributed by atoms with E-state index in [9.17, 15) is 28.7 Å². The highest BCUT2D eigenvalue weighted by molar-refractivity contribution is 7.14. The van der Waals surface area contributed by atoms with Crippen LogP contribution < -0.4 is 5.32 Å². The zero-order valence-electron chi connectivity index (χ0n) is 26.8. The number of anilines is 1. The Morgan fingerprint density at radius 2 is 1.91 bits per heavy atom. The van der Waals surface area contributed by atoms with Crippen LogP contribution in [0.4, 0.5) is 14.7 Å². The Bertz CT molecular complexity index is 1640. The van der Waals surface area contributed by atoms with E-state index in [-0.39, 0.29) is 45.1 Å². The van der Waals surface area contributed by atoms with Crippen molar-refractivity contribution in [1.29, 1.82) is 5.26 Å². The molecule has 0 saturated carbocycles. The summed E-state index contributed by atoms with van der Waals surface area (Å²) in [5.74, 6) is -0.256. The fourth-order valence-corrected chi connectivity index (χ4v) is 7.27. The monoisotopic (exact) mass is 652 g/mol. The van der Waals surface area contributed by atoms with Crippen molar-refractivity contribution in [3.05, 3.63) is 57.3 Å². The largest absolute Gasteiger partial charge is 0.390 e. The molecule has 5 rings (SSSR count). The standard InChI is InChI=1S/C34H42F2N6O3S/c1-21(2)16-23(18-37)32(44)41-13-5-6-25(41)20-42-27-8-7-22(19-40-14-11-24(12-15-40)34(3,4)45)17-26(27)38-33(42)39-31(43)29-10-9-28(46-29)30(35)36/h7-10,16-17,21,24-25,30,45H,5-6,11-15,19-20H2,1-4H3,(H,38,39,43). The Labute approximate surface area is 272 Å². The van der Waals surface area contributed by atoms with Gasteiger partial charge in [0.2, 0.25) is 5.95 Å². The molecule has 0 aliphatic carbocycles. The molecule has 0 bridgehead atoms. The van der Waals surface area contributed by atoms with Crippen LogP contribution in [0.25, 0.3) is 11.0 Å². The van der Waals surface area contributed by atoms with Gasteiger partial charge in [-0.1, -0.05) is 26.0 Å². The summed E-state index contributed by atoms with van der Waals surface area (Å²) in [6.45, 7) is 10.9. The summed E-state index contributed by atoms with van der Waals surface area (Å²) in [5, 5.41) is 22.9. The minimum absolute atomic E-state index is 0.0454. The van der Waals surface area contributed by atoms with Crippen molar-refractivity contribution < 1.29 is 23.5 Å². The average molecular weight is 653 g/mol. The molecule has 1 aromatic carbocycles. The fourth-order valence-electron chi connectivity index (χ4n) is 6.51. The molecule has 2 saturated heterocycles. The lowest BCUT2D eigenvalue weighted by molar-refractivity contribution is -0.127. The Morgan fingerprint density at radius 1 is 1.17 bits per heavy atom. The number of nitrogens with one attached hydrogen (secondary N) is 1. The molecule has 2 aliphatic heterocycles. The molecule has 2 N–H and O–H groups in total. The van der Waals surface area contributed by atoms with Crippen LogP contribution in [-0.4, -0.2) is 67.5 Å². The second-order valence-corrected chi connectivity index (χ2v) is 14.4. The van der Waals surface area contributed by atoms with E-state index in [0.717, 1.165) is 67.7 Å². The van der Waals surface area contributed by atoms with Crippen molar-refractivity contribution in [3.63, 3.8) is 0 Å². The summed E-state index contributed by atoms with van der Waals surface area (Å²) in [5.41, 5.74) is 1.94. The lowest BCUT2D eigenvalue weighted by Gasteiger charge is -2.37. The van der Waals surface area contributed by atoms with E-state index < -0.39 is 17.9 Å². The van der Waals surface area contributed by atoms with Gasteiger partial charge < -0.3 is 14.6 Å². The number of fused-ring (bicyclic) bond motifs is 1. The summed E-state index contributed by atoms with van der Waals surface area (Å²) < 4.78 is 28.3. The third-order valence-electron chi connectivity index (χ3n) is 8.98. The number of alkyl halides is 2. The first kappa shape index (κ1) is 33.7. The first-order valence-corrected chi connectivity index (χ1v) is 16.7. The number of likely N-dealkylation sites (tertiary alicyclic amines) is 2. The van der Waals surface area contributed by atoms with Crippen LogP contribution in [0, 0.1) is 23.2 Å². The molecule has 246 valence electrons. The van der Waals surface area contributed by atoms with E-state index in [1.165, 1.54) is 12.1 Å². The molecule has 12 heteroatoms. The molecule has 2 aromatic heterocycles. The predicted molar refractivity (Wildman–Crippen MR) is 175 cm³/mol. The minimum atomic E-state index is -2.66. The summed E-state index contributed by atoms with van der Waals surface area (Å²) in [7, 11) is 0. The molecular formula is C34H42F2N6O3S. The van der Waals surface area contributed by atoms with Crippen LogP contribution in [-0.2, 0) is 17.9 Å². The molecule has 3 aromatic rings. The molecule has 2 amide bonds. The van der Waals surface area contributed by atoms with Gasteiger partial charge in [-0.15, -0.1) is 11.3 Å². The zero-order chi connectivity index (χ0) is 33.2. The van der Waals surface area contributed by atoms with Crippen LogP contribution >= 0.6 is 11.3 Å². The summed E-state index contributed by atoms with van der Waals surface area (Å²) in [6, 6.07) is 10.5. The number of rotatable bonds is 10. The minimum Gasteiger partial charge on any atom is -0.390 e. The number of amides is 2. The number of carbonyl (C=O) groups excluding carboxylic acids is 2. The smallest absolute Gasteiger partial charge is 0.272 e. The number of benzene rings is 1. The van der Waals surface area contributed by atoms with Crippen molar-refractivity contribution in [2.24, 2.45) is 11.8 Å². The molecule has 2 fully saturated rings. The normalized spacial score (nSPS) is 18.6. The van der Waals surface area contributed by atoms with Gasteiger partial charge in [0.05, 0.1) is 32.4 Å². The average Bonchev–Trinajstić information content (AvgIpc) is 3.75. The maximum absolute atomic E-state index is 13.4. The number of aliphatic hydroxyl groups is 1. The second kappa shape index (κ2) is 14.0. The number of imidazole rings is 1. The number of nitrogens with zero attached hydrogens (tertiary/aromatic N) is 5. The number of allylic oxidation sites excluding steroid dienone is 1. The highest BCUT2D eigenvalue weighted by atomic mass is 32.1. The van der Waals surface area contributed by atoms with Gasteiger partial charge in [0.25, 0.3) is 18.2 Å². The van der Waals surface area contributed by atoms with E-state index in [1.807, 2.05) is 50.5 Å². The lowest BCUT2D eigenvalue weighted by atomic mass is 9.83.